The van der Waals surface area contributed by atoms with Crippen molar-refractivity contribution in [3.8, 4) is 0 Å². The van der Waals surface area contributed by atoms with E-state index in [2.05, 4.69) is 15.9 Å². The Hall–Kier alpha value is -0.500. The molecule has 0 amide bonds. The summed E-state index contributed by atoms with van der Waals surface area (Å²) in [7, 11) is -3.81. The smallest absolute Gasteiger partial charge is 0.246 e. The standard InChI is InChI=1S/C11H16BrFN2O2S/c1-3-15(4-2)18(16,17)10-6-9(12)5-8(7-14)11(10)13/h5-6H,3-4,7,14H2,1-2H3. The summed E-state index contributed by atoms with van der Waals surface area (Å²) in [5, 5.41) is 0. The lowest BCUT2D eigenvalue weighted by molar-refractivity contribution is 0.439. The van der Waals surface area contributed by atoms with Crippen LogP contribution in [0.2, 0.25) is 0 Å². The molecule has 0 heterocycles. The third kappa shape index (κ3) is 2.90. The molecular weight excluding hydrogens is 323 g/mol. The molecule has 0 aliphatic heterocycles. The molecule has 4 nitrogen and oxygen atoms in total. The summed E-state index contributed by atoms with van der Waals surface area (Å²) in [6.45, 7) is 3.96. The van der Waals surface area contributed by atoms with Gasteiger partial charge in [0.1, 0.15) is 10.7 Å². The van der Waals surface area contributed by atoms with Gasteiger partial charge < -0.3 is 5.73 Å². The molecular formula is C11H16BrFN2O2S. The van der Waals surface area contributed by atoms with Crippen LogP contribution in [0, 0.1) is 5.82 Å². The first-order chi connectivity index (χ1) is 8.38. The molecule has 1 aromatic carbocycles. The number of hydrogen-bond donors (Lipinski definition) is 1. The van der Waals surface area contributed by atoms with E-state index in [1.807, 2.05) is 0 Å². The Morgan fingerprint density at radius 1 is 1.33 bits per heavy atom. The molecule has 0 bridgehead atoms. The highest BCUT2D eigenvalue weighted by atomic mass is 79.9. The Bertz CT molecular complexity index is 530. The number of benzene rings is 1. The minimum absolute atomic E-state index is 0.0496. The van der Waals surface area contributed by atoms with E-state index >= 15 is 0 Å². The fraction of sp³-hybridized carbons (Fsp3) is 0.455. The maximum Gasteiger partial charge on any atom is 0.246 e. The number of rotatable bonds is 5. The van der Waals surface area contributed by atoms with Crippen molar-refractivity contribution in [1.29, 1.82) is 0 Å². The molecule has 0 aromatic heterocycles. The SMILES string of the molecule is CCN(CC)S(=O)(=O)c1cc(Br)cc(CN)c1F. The van der Waals surface area contributed by atoms with Crippen molar-refractivity contribution in [2.45, 2.75) is 25.3 Å². The van der Waals surface area contributed by atoms with Gasteiger partial charge in [0.15, 0.2) is 0 Å². The minimum Gasteiger partial charge on any atom is -0.326 e. The zero-order valence-electron chi connectivity index (χ0n) is 10.3. The fourth-order valence-electron chi connectivity index (χ4n) is 1.66. The third-order valence-corrected chi connectivity index (χ3v) is 5.13. The van der Waals surface area contributed by atoms with Crippen molar-refractivity contribution in [1.82, 2.24) is 4.31 Å². The van der Waals surface area contributed by atoms with E-state index in [-0.39, 0.29) is 17.0 Å². The highest BCUT2D eigenvalue weighted by Gasteiger charge is 2.26. The average molecular weight is 339 g/mol. The van der Waals surface area contributed by atoms with Crippen molar-refractivity contribution < 1.29 is 12.8 Å². The first-order valence-corrected chi connectivity index (χ1v) is 7.79. The van der Waals surface area contributed by atoms with E-state index in [1.54, 1.807) is 13.8 Å². The minimum atomic E-state index is -3.81. The maximum atomic E-state index is 14.1. The molecule has 0 unspecified atom stereocenters. The first-order valence-electron chi connectivity index (χ1n) is 5.56. The second-order valence-electron chi connectivity index (χ2n) is 3.67. The van der Waals surface area contributed by atoms with Crippen LogP contribution >= 0.6 is 15.9 Å². The van der Waals surface area contributed by atoms with Gasteiger partial charge in [-0.05, 0) is 12.1 Å². The van der Waals surface area contributed by atoms with Gasteiger partial charge in [0, 0.05) is 29.7 Å². The van der Waals surface area contributed by atoms with E-state index in [4.69, 9.17) is 5.73 Å². The van der Waals surface area contributed by atoms with Gasteiger partial charge in [-0.2, -0.15) is 4.31 Å². The predicted molar refractivity (Wildman–Crippen MR) is 72.1 cm³/mol. The lowest BCUT2D eigenvalue weighted by atomic mass is 10.2. The lowest BCUT2D eigenvalue weighted by Gasteiger charge is -2.19. The van der Waals surface area contributed by atoms with Crippen LogP contribution in [0.25, 0.3) is 0 Å². The number of sulfonamides is 1. The second kappa shape index (κ2) is 6.10. The van der Waals surface area contributed by atoms with Gasteiger partial charge in [0.25, 0.3) is 0 Å². The molecule has 102 valence electrons. The van der Waals surface area contributed by atoms with Gasteiger partial charge >= 0.3 is 0 Å². The van der Waals surface area contributed by atoms with Crippen LogP contribution < -0.4 is 5.73 Å². The number of nitrogens with zero attached hydrogens (tertiary/aromatic N) is 1. The van der Waals surface area contributed by atoms with E-state index in [1.165, 1.54) is 16.4 Å². The van der Waals surface area contributed by atoms with Crippen LogP contribution in [0.5, 0.6) is 0 Å². The van der Waals surface area contributed by atoms with Crippen LogP contribution in [0.3, 0.4) is 0 Å². The summed E-state index contributed by atoms with van der Waals surface area (Å²) in [4.78, 5) is -0.332. The second-order valence-corrected chi connectivity index (χ2v) is 6.49. The van der Waals surface area contributed by atoms with E-state index < -0.39 is 15.8 Å². The van der Waals surface area contributed by atoms with Crippen molar-refractivity contribution in [3.63, 3.8) is 0 Å². The van der Waals surface area contributed by atoms with Crippen molar-refractivity contribution in [2.75, 3.05) is 13.1 Å². The van der Waals surface area contributed by atoms with E-state index in [9.17, 15) is 12.8 Å². The van der Waals surface area contributed by atoms with Crippen LogP contribution in [0.15, 0.2) is 21.5 Å². The summed E-state index contributed by atoms with van der Waals surface area (Å²) < 4.78 is 40.3. The topological polar surface area (TPSA) is 63.4 Å². The Kier molecular flexibility index (Phi) is 5.27. The van der Waals surface area contributed by atoms with Gasteiger partial charge in [-0.1, -0.05) is 29.8 Å². The van der Waals surface area contributed by atoms with Gasteiger partial charge in [-0.3, -0.25) is 0 Å². The molecule has 0 saturated heterocycles. The Morgan fingerprint density at radius 2 is 1.89 bits per heavy atom. The van der Waals surface area contributed by atoms with Gasteiger partial charge in [0.2, 0.25) is 10.0 Å². The molecule has 0 aliphatic rings. The normalized spacial score (nSPS) is 12.1. The largest absolute Gasteiger partial charge is 0.326 e. The average Bonchev–Trinajstić information content (AvgIpc) is 2.32. The first kappa shape index (κ1) is 15.6. The number of hydrogen-bond acceptors (Lipinski definition) is 3. The summed E-state index contributed by atoms with van der Waals surface area (Å²) in [5.74, 6) is -0.771. The molecule has 0 radical (unpaired) electrons. The van der Waals surface area contributed by atoms with Gasteiger partial charge in [-0.15, -0.1) is 0 Å². The van der Waals surface area contributed by atoms with Crippen molar-refractivity contribution in [2.24, 2.45) is 5.73 Å². The summed E-state index contributed by atoms with van der Waals surface area (Å²) in [5.41, 5.74) is 5.58. The van der Waals surface area contributed by atoms with Gasteiger partial charge in [-0.25, -0.2) is 12.8 Å². The quantitative estimate of drug-likeness (QED) is 0.893. The molecule has 0 atom stereocenters. The van der Waals surface area contributed by atoms with Gasteiger partial charge in [0.05, 0.1) is 0 Å². The van der Waals surface area contributed by atoms with Crippen LogP contribution in [-0.4, -0.2) is 25.8 Å². The molecule has 1 rings (SSSR count). The molecule has 0 spiro atoms. The highest BCUT2D eigenvalue weighted by Crippen LogP contribution is 2.26. The number of nitrogens with two attached hydrogens (primary N) is 1. The predicted octanol–water partition coefficient (Wildman–Crippen LogP) is 2.08. The zero-order valence-corrected chi connectivity index (χ0v) is 12.7. The highest BCUT2D eigenvalue weighted by molar-refractivity contribution is 9.10. The van der Waals surface area contributed by atoms with E-state index in [0.717, 1.165) is 0 Å². The Morgan fingerprint density at radius 3 is 2.33 bits per heavy atom. The fourth-order valence-corrected chi connectivity index (χ4v) is 3.91. The zero-order chi connectivity index (χ0) is 13.9. The van der Waals surface area contributed by atoms with Crippen LogP contribution in [0.4, 0.5) is 4.39 Å². The maximum absolute atomic E-state index is 14.1. The van der Waals surface area contributed by atoms with E-state index in [0.29, 0.717) is 17.6 Å². The van der Waals surface area contributed by atoms with Crippen molar-refractivity contribution in [3.05, 3.63) is 28.0 Å². The molecule has 18 heavy (non-hydrogen) atoms. The molecule has 2 N–H and O–H groups in total. The van der Waals surface area contributed by atoms with Crippen LogP contribution in [-0.2, 0) is 16.6 Å². The Labute approximate surface area is 115 Å². The molecule has 0 aliphatic carbocycles. The lowest BCUT2D eigenvalue weighted by Crippen LogP contribution is -2.31. The summed E-state index contributed by atoms with van der Waals surface area (Å²) in [6, 6.07) is 2.75. The van der Waals surface area contributed by atoms with Crippen molar-refractivity contribution >= 4 is 26.0 Å². The summed E-state index contributed by atoms with van der Waals surface area (Å²) >= 11 is 3.17. The molecule has 0 saturated carbocycles. The number of halogens is 2. The Balaban J connectivity index is 3.45. The molecule has 1 aromatic rings. The third-order valence-electron chi connectivity index (χ3n) is 2.62. The molecule has 0 fully saturated rings. The monoisotopic (exact) mass is 338 g/mol. The molecule has 7 heteroatoms. The summed E-state index contributed by atoms with van der Waals surface area (Å²) in [6.07, 6.45) is 0. The van der Waals surface area contributed by atoms with Crippen LogP contribution in [0.1, 0.15) is 19.4 Å².